The van der Waals surface area contributed by atoms with Gasteiger partial charge in [-0.2, -0.15) is 0 Å². The SMILES string of the molecule is CN(Cc1ccccc1Br)C(CN)c1ccccc1F. The zero-order valence-electron chi connectivity index (χ0n) is 11.4. The Morgan fingerprint density at radius 3 is 2.45 bits per heavy atom. The molecule has 0 aliphatic heterocycles. The van der Waals surface area contributed by atoms with E-state index in [0.29, 0.717) is 18.7 Å². The second kappa shape index (κ2) is 6.97. The van der Waals surface area contributed by atoms with Gasteiger partial charge >= 0.3 is 0 Å². The lowest BCUT2D eigenvalue weighted by Crippen LogP contribution is -2.31. The molecule has 2 rings (SSSR count). The van der Waals surface area contributed by atoms with Crippen LogP contribution in [0.3, 0.4) is 0 Å². The zero-order chi connectivity index (χ0) is 14.5. The Balaban J connectivity index is 2.20. The molecular weight excluding hydrogens is 319 g/mol. The van der Waals surface area contributed by atoms with Gasteiger partial charge in [0, 0.05) is 29.2 Å². The molecule has 1 unspecified atom stereocenters. The highest BCUT2D eigenvalue weighted by Crippen LogP contribution is 2.25. The van der Waals surface area contributed by atoms with Crippen molar-refractivity contribution >= 4 is 15.9 Å². The fraction of sp³-hybridized carbons (Fsp3) is 0.250. The van der Waals surface area contributed by atoms with Crippen LogP contribution in [0.5, 0.6) is 0 Å². The van der Waals surface area contributed by atoms with E-state index in [0.717, 1.165) is 10.0 Å². The first-order valence-electron chi connectivity index (χ1n) is 6.51. The van der Waals surface area contributed by atoms with Gasteiger partial charge in [0.25, 0.3) is 0 Å². The highest BCUT2D eigenvalue weighted by atomic mass is 79.9. The Bertz CT molecular complexity index is 574. The summed E-state index contributed by atoms with van der Waals surface area (Å²) in [5, 5.41) is 0. The van der Waals surface area contributed by atoms with Crippen LogP contribution in [-0.2, 0) is 6.54 Å². The molecule has 0 saturated heterocycles. The van der Waals surface area contributed by atoms with E-state index in [4.69, 9.17) is 5.73 Å². The van der Waals surface area contributed by atoms with E-state index in [1.165, 1.54) is 6.07 Å². The molecule has 2 N–H and O–H groups in total. The Morgan fingerprint density at radius 2 is 1.80 bits per heavy atom. The summed E-state index contributed by atoms with van der Waals surface area (Å²) in [6.07, 6.45) is 0. The van der Waals surface area contributed by atoms with Gasteiger partial charge in [-0.25, -0.2) is 4.39 Å². The van der Waals surface area contributed by atoms with Crippen LogP contribution in [0, 0.1) is 5.82 Å². The van der Waals surface area contributed by atoms with Crippen molar-refractivity contribution in [3.63, 3.8) is 0 Å². The summed E-state index contributed by atoms with van der Waals surface area (Å²) in [7, 11) is 1.96. The standard InChI is InChI=1S/C16H18BrFN2/c1-20(11-12-6-2-4-8-14(12)17)16(10-19)13-7-3-5-9-15(13)18/h2-9,16H,10-11,19H2,1H3. The summed E-state index contributed by atoms with van der Waals surface area (Å²) in [5.74, 6) is -0.207. The number of hydrogen-bond donors (Lipinski definition) is 1. The molecule has 0 aliphatic carbocycles. The van der Waals surface area contributed by atoms with Gasteiger partial charge in [-0.3, -0.25) is 4.90 Å². The maximum Gasteiger partial charge on any atom is 0.128 e. The second-order valence-corrected chi connectivity index (χ2v) is 5.63. The molecule has 0 heterocycles. The van der Waals surface area contributed by atoms with Gasteiger partial charge in [0.05, 0.1) is 0 Å². The molecule has 1 atom stereocenters. The van der Waals surface area contributed by atoms with Crippen molar-refractivity contribution in [3.05, 3.63) is 69.9 Å². The topological polar surface area (TPSA) is 29.3 Å². The average Bonchev–Trinajstić information content (AvgIpc) is 2.44. The smallest absolute Gasteiger partial charge is 0.128 e. The van der Waals surface area contributed by atoms with Gasteiger partial charge in [0.2, 0.25) is 0 Å². The molecule has 4 heteroatoms. The fourth-order valence-electron chi connectivity index (χ4n) is 2.30. The van der Waals surface area contributed by atoms with E-state index in [2.05, 4.69) is 26.9 Å². The van der Waals surface area contributed by atoms with Crippen LogP contribution in [0.25, 0.3) is 0 Å². The Morgan fingerprint density at radius 1 is 1.15 bits per heavy atom. The minimum absolute atomic E-state index is 0.136. The molecule has 0 fully saturated rings. The van der Waals surface area contributed by atoms with Crippen molar-refractivity contribution in [3.8, 4) is 0 Å². The van der Waals surface area contributed by atoms with Crippen LogP contribution in [0.4, 0.5) is 4.39 Å². The Hall–Kier alpha value is -1.23. The van der Waals surface area contributed by atoms with Gasteiger partial charge < -0.3 is 5.73 Å². The number of benzene rings is 2. The van der Waals surface area contributed by atoms with Crippen molar-refractivity contribution in [2.24, 2.45) is 5.73 Å². The van der Waals surface area contributed by atoms with Gasteiger partial charge in [-0.1, -0.05) is 52.3 Å². The third-order valence-corrected chi connectivity index (χ3v) is 4.17. The largest absolute Gasteiger partial charge is 0.329 e. The first-order valence-corrected chi connectivity index (χ1v) is 7.31. The molecular formula is C16H18BrFN2. The third-order valence-electron chi connectivity index (χ3n) is 3.40. The highest BCUT2D eigenvalue weighted by molar-refractivity contribution is 9.10. The first-order chi connectivity index (χ1) is 9.63. The summed E-state index contributed by atoms with van der Waals surface area (Å²) in [6, 6.07) is 14.7. The molecule has 2 aromatic rings. The molecule has 0 bridgehead atoms. The summed E-state index contributed by atoms with van der Waals surface area (Å²) >= 11 is 3.53. The molecule has 106 valence electrons. The predicted octanol–water partition coefficient (Wildman–Crippen LogP) is 3.72. The summed E-state index contributed by atoms with van der Waals surface area (Å²) in [6.45, 7) is 1.08. The van der Waals surface area contributed by atoms with Gasteiger partial charge in [0.15, 0.2) is 0 Å². The van der Waals surface area contributed by atoms with Crippen molar-refractivity contribution < 1.29 is 4.39 Å². The number of rotatable bonds is 5. The third kappa shape index (κ3) is 3.45. The van der Waals surface area contributed by atoms with E-state index in [-0.39, 0.29) is 11.9 Å². The number of halogens is 2. The Labute approximate surface area is 127 Å². The number of nitrogens with zero attached hydrogens (tertiary/aromatic N) is 1. The van der Waals surface area contributed by atoms with Gasteiger partial charge in [0.1, 0.15) is 5.82 Å². The zero-order valence-corrected chi connectivity index (χ0v) is 13.0. The molecule has 2 nitrogen and oxygen atoms in total. The maximum absolute atomic E-state index is 13.9. The summed E-state index contributed by atoms with van der Waals surface area (Å²) < 4.78 is 15.0. The molecule has 0 amide bonds. The van der Waals surface area contributed by atoms with Gasteiger partial charge in [-0.15, -0.1) is 0 Å². The molecule has 0 radical (unpaired) electrons. The second-order valence-electron chi connectivity index (χ2n) is 4.78. The van der Waals surface area contributed by atoms with E-state index < -0.39 is 0 Å². The van der Waals surface area contributed by atoms with Crippen molar-refractivity contribution in [2.75, 3.05) is 13.6 Å². The van der Waals surface area contributed by atoms with Crippen molar-refractivity contribution in [1.82, 2.24) is 4.90 Å². The maximum atomic E-state index is 13.9. The van der Waals surface area contributed by atoms with Crippen LogP contribution < -0.4 is 5.73 Å². The molecule has 0 spiro atoms. The van der Waals surface area contributed by atoms with Crippen molar-refractivity contribution in [2.45, 2.75) is 12.6 Å². The molecule has 0 aromatic heterocycles. The van der Waals surface area contributed by atoms with E-state index in [1.807, 2.05) is 31.3 Å². The predicted molar refractivity (Wildman–Crippen MR) is 83.8 cm³/mol. The monoisotopic (exact) mass is 336 g/mol. The lowest BCUT2D eigenvalue weighted by Gasteiger charge is -2.28. The van der Waals surface area contributed by atoms with E-state index >= 15 is 0 Å². The minimum Gasteiger partial charge on any atom is -0.329 e. The van der Waals surface area contributed by atoms with Crippen LogP contribution in [0.2, 0.25) is 0 Å². The van der Waals surface area contributed by atoms with E-state index in [9.17, 15) is 4.39 Å². The molecule has 0 aliphatic rings. The Kier molecular flexibility index (Phi) is 5.29. The highest BCUT2D eigenvalue weighted by Gasteiger charge is 2.19. The normalized spacial score (nSPS) is 12.7. The minimum atomic E-state index is -0.207. The van der Waals surface area contributed by atoms with Gasteiger partial charge in [-0.05, 0) is 24.7 Å². The summed E-state index contributed by atoms with van der Waals surface area (Å²) in [5.41, 5.74) is 7.65. The van der Waals surface area contributed by atoms with Crippen LogP contribution in [0.15, 0.2) is 53.0 Å². The molecule has 0 saturated carbocycles. The molecule has 20 heavy (non-hydrogen) atoms. The average molecular weight is 337 g/mol. The van der Waals surface area contributed by atoms with Crippen LogP contribution in [0.1, 0.15) is 17.2 Å². The molecule has 2 aromatic carbocycles. The summed E-state index contributed by atoms with van der Waals surface area (Å²) in [4.78, 5) is 2.07. The lowest BCUT2D eigenvalue weighted by atomic mass is 10.0. The first kappa shape index (κ1) is 15.2. The fourth-order valence-corrected chi connectivity index (χ4v) is 2.71. The van der Waals surface area contributed by atoms with Crippen LogP contribution >= 0.6 is 15.9 Å². The van der Waals surface area contributed by atoms with E-state index in [1.54, 1.807) is 12.1 Å². The number of nitrogens with two attached hydrogens (primary N) is 1. The number of likely N-dealkylation sites (N-methyl/N-ethyl adjacent to an activating group) is 1. The van der Waals surface area contributed by atoms with Crippen molar-refractivity contribution in [1.29, 1.82) is 0 Å². The lowest BCUT2D eigenvalue weighted by molar-refractivity contribution is 0.236. The van der Waals surface area contributed by atoms with Crippen LogP contribution in [-0.4, -0.2) is 18.5 Å². The number of hydrogen-bond acceptors (Lipinski definition) is 2. The quantitative estimate of drug-likeness (QED) is 0.901.